The van der Waals surface area contributed by atoms with Crippen molar-refractivity contribution in [1.82, 2.24) is 0 Å². The van der Waals surface area contributed by atoms with Crippen molar-refractivity contribution in [3.05, 3.63) is 162 Å². The van der Waals surface area contributed by atoms with E-state index in [1.54, 1.807) is 17.6 Å². The fraction of sp³-hybridized carbons (Fsp3) is 0.400. The summed E-state index contributed by atoms with van der Waals surface area (Å²) < 4.78 is 3.70. The molecule has 0 saturated heterocycles. The predicted octanol–water partition coefficient (Wildman–Crippen LogP) is 8.97. The molecule has 0 aliphatic heterocycles. The Kier molecular flexibility index (Phi) is 11.5. The maximum Gasteiger partial charge on any atom is -1.00 e. The SMILES string of the molecule is Cc1ccc([C](c2ccc(C)cc2)=[Zr+2]([C]2=CC(C(C)(C)C)=CC2)[CH]2c3cc4c(cc3-c3cc5c(cc32)C(C)(C)C=C5C(C)(C)C)C(C(C)(C)C)=CC4(C)C)cc1.[Cl-].[Cl-]. The minimum Gasteiger partial charge on any atom is -1.00 e. The van der Waals surface area contributed by atoms with E-state index in [1.807, 2.05) is 0 Å². The zero-order valence-electron chi connectivity index (χ0n) is 37.8. The van der Waals surface area contributed by atoms with Gasteiger partial charge in [0.2, 0.25) is 0 Å². The molecule has 0 N–H and O–H groups in total. The molecule has 3 heteroatoms. The van der Waals surface area contributed by atoms with Crippen LogP contribution in [0, 0.1) is 30.1 Å². The van der Waals surface area contributed by atoms with Gasteiger partial charge in [-0.2, -0.15) is 0 Å². The number of aryl methyl sites for hydroxylation is 2. The van der Waals surface area contributed by atoms with Gasteiger partial charge in [0.25, 0.3) is 0 Å². The van der Waals surface area contributed by atoms with Gasteiger partial charge in [0.05, 0.1) is 0 Å². The van der Waals surface area contributed by atoms with E-state index in [1.165, 1.54) is 72.4 Å². The molecule has 0 unspecified atom stereocenters. The van der Waals surface area contributed by atoms with E-state index < -0.39 is 21.3 Å². The Bertz CT molecular complexity index is 2330. The van der Waals surface area contributed by atoms with E-state index in [-0.39, 0.29) is 51.9 Å². The van der Waals surface area contributed by atoms with Gasteiger partial charge in [0.15, 0.2) is 0 Å². The number of hydrogen-bond acceptors (Lipinski definition) is 0. The van der Waals surface area contributed by atoms with E-state index in [9.17, 15) is 0 Å². The number of halogens is 2. The van der Waals surface area contributed by atoms with Gasteiger partial charge >= 0.3 is 349 Å². The largest absolute Gasteiger partial charge is 1.00 e. The van der Waals surface area contributed by atoms with Crippen molar-refractivity contribution in [2.75, 3.05) is 0 Å². The number of hydrogen-bond donors (Lipinski definition) is 0. The molecule has 8 rings (SSSR count). The Labute approximate surface area is 371 Å². The summed E-state index contributed by atoms with van der Waals surface area (Å²) in [5.41, 5.74) is 22.1. The van der Waals surface area contributed by atoms with Gasteiger partial charge in [-0.25, -0.2) is 0 Å². The van der Waals surface area contributed by atoms with Gasteiger partial charge in [0, 0.05) is 0 Å². The predicted molar refractivity (Wildman–Crippen MR) is 240 cm³/mol. The van der Waals surface area contributed by atoms with Gasteiger partial charge in [0.1, 0.15) is 0 Å². The van der Waals surface area contributed by atoms with Crippen LogP contribution in [0.2, 0.25) is 0 Å². The molecule has 0 saturated carbocycles. The molecule has 4 aliphatic carbocycles. The maximum atomic E-state index is 2.72. The van der Waals surface area contributed by atoms with Gasteiger partial charge < -0.3 is 24.8 Å². The number of rotatable bonds is 4. The fourth-order valence-electron chi connectivity index (χ4n) is 10.1. The van der Waals surface area contributed by atoms with Gasteiger partial charge in [-0.15, -0.1) is 0 Å². The van der Waals surface area contributed by atoms with Crippen LogP contribution >= 0.6 is 0 Å². The van der Waals surface area contributed by atoms with Crippen molar-refractivity contribution >= 4 is 14.4 Å². The van der Waals surface area contributed by atoms with Crippen LogP contribution in [0.4, 0.5) is 0 Å². The van der Waals surface area contributed by atoms with Crippen LogP contribution in [0.5, 0.6) is 0 Å². The monoisotopic (exact) mass is 884 g/mol. The topological polar surface area (TPSA) is 0 Å². The third-order valence-electron chi connectivity index (χ3n) is 13.2. The van der Waals surface area contributed by atoms with Gasteiger partial charge in [-0.3, -0.25) is 0 Å². The summed E-state index contributed by atoms with van der Waals surface area (Å²) in [6.07, 6.45) is 11.5. The van der Waals surface area contributed by atoms with E-state index in [2.05, 4.69) is 201 Å². The quantitative estimate of drug-likeness (QED) is 0.192. The van der Waals surface area contributed by atoms with Crippen molar-refractivity contribution in [2.45, 2.75) is 125 Å². The van der Waals surface area contributed by atoms with Crippen molar-refractivity contribution in [1.29, 1.82) is 0 Å². The molecule has 58 heavy (non-hydrogen) atoms. The molecule has 0 spiro atoms. The second kappa shape index (κ2) is 15.0. The van der Waals surface area contributed by atoms with Crippen molar-refractivity contribution in [3.8, 4) is 11.1 Å². The minimum atomic E-state index is -2.98. The number of allylic oxidation sites excluding steroid dienone is 8. The normalized spacial score (nSPS) is 17.3. The maximum absolute atomic E-state index is 2.98. The average Bonchev–Trinajstić information content (AvgIpc) is 3.84. The average molecular weight is 887 g/mol. The summed E-state index contributed by atoms with van der Waals surface area (Å²) in [5, 5.41) is 0. The molecule has 0 amide bonds. The van der Waals surface area contributed by atoms with E-state index in [0.29, 0.717) is 3.63 Å². The van der Waals surface area contributed by atoms with Crippen molar-refractivity contribution in [3.63, 3.8) is 0 Å². The summed E-state index contributed by atoms with van der Waals surface area (Å²) in [6.45, 7) is 35.8. The first-order valence-electron chi connectivity index (χ1n) is 21.1. The molecule has 302 valence electrons. The Morgan fingerprint density at radius 1 is 0.552 bits per heavy atom. The molecular weight excluding hydrogens is 823 g/mol. The third-order valence-corrected chi connectivity index (χ3v) is 21.5. The molecule has 4 aromatic carbocycles. The summed E-state index contributed by atoms with van der Waals surface area (Å²) in [7, 11) is 0. The van der Waals surface area contributed by atoms with Crippen molar-refractivity contribution in [2.24, 2.45) is 16.2 Å². The molecular formula is C55H64Cl2Zr. The van der Waals surface area contributed by atoms with Crippen LogP contribution in [0.1, 0.15) is 156 Å². The van der Waals surface area contributed by atoms with Crippen LogP contribution in [-0.2, 0) is 32.1 Å². The second-order valence-electron chi connectivity index (χ2n) is 21.8. The molecule has 4 aliphatic rings. The van der Waals surface area contributed by atoms with Gasteiger partial charge in [-0.05, 0) is 0 Å². The molecule has 0 aromatic heterocycles. The third kappa shape index (κ3) is 7.58. The van der Waals surface area contributed by atoms with Gasteiger partial charge in [-0.1, -0.05) is 0 Å². The molecule has 4 aromatic rings. The smallest absolute Gasteiger partial charge is 1.00 e. The summed E-state index contributed by atoms with van der Waals surface area (Å²) in [4.78, 5) is 0. The number of fused-ring (bicyclic) bond motifs is 5. The molecule has 0 nitrogen and oxygen atoms in total. The first-order chi connectivity index (χ1) is 26.0. The van der Waals surface area contributed by atoms with Crippen LogP contribution in [-0.4, -0.2) is 3.21 Å². The standard InChI is InChI=1S/C31H37.C15H14.C9H13.2ClH.Zr/c1-28(2,3)26-16-30(7,8)24-12-18-11-19-13-25-23(15-21(19)20(18)14-22(24)26)27(29(4,5)6)17-31(25,9)10;1-12-3-7-14(8-4-12)11-15-9-5-13(2)6-10-15;1-9(2,3)8-6-4-5-7-8;;;/h11-17H,1-10H3;3-10H,1-2H3;6-7H,4H2,1-3H3;2*1H;/q;;;;;+2/p-2. The van der Waals surface area contributed by atoms with E-state index >= 15 is 0 Å². The van der Waals surface area contributed by atoms with Crippen LogP contribution in [0.25, 0.3) is 22.3 Å². The zero-order chi connectivity index (χ0) is 40.5. The van der Waals surface area contributed by atoms with E-state index in [0.717, 1.165) is 6.42 Å². The Hall–Kier alpha value is -2.83. The van der Waals surface area contributed by atoms with E-state index in [4.69, 9.17) is 0 Å². The van der Waals surface area contributed by atoms with Crippen LogP contribution < -0.4 is 24.8 Å². The Balaban J connectivity index is 0.00000283. The zero-order valence-corrected chi connectivity index (χ0v) is 41.7. The number of benzene rings is 4. The Morgan fingerprint density at radius 2 is 0.948 bits per heavy atom. The molecule has 0 bridgehead atoms. The molecule has 0 fully saturated rings. The first-order valence-corrected chi connectivity index (χ1v) is 25.0. The first kappa shape index (κ1) is 44.7. The molecule has 0 atom stereocenters. The Morgan fingerprint density at radius 3 is 1.29 bits per heavy atom. The van der Waals surface area contributed by atoms with Crippen LogP contribution in [0.15, 0.2) is 106 Å². The summed E-state index contributed by atoms with van der Waals surface area (Å²) >= 11 is -2.98. The van der Waals surface area contributed by atoms with Crippen LogP contribution in [0.3, 0.4) is 0 Å². The molecule has 0 heterocycles. The fourth-order valence-corrected chi connectivity index (χ4v) is 19.1. The molecule has 0 radical (unpaired) electrons. The second-order valence-corrected chi connectivity index (χ2v) is 28.0. The summed E-state index contributed by atoms with van der Waals surface area (Å²) in [6, 6.07) is 29.9. The minimum absolute atomic E-state index is 0. The summed E-state index contributed by atoms with van der Waals surface area (Å²) in [5.74, 6) is 0. The van der Waals surface area contributed by atoms with Crippen molar-refractivity contribution < 1.29 is 46.1 Å².